The van der Waals surface area contributed by atoms with E-state index in [4.69, 9.17) is 0 Å². The molecule has 0 radical (unpaired) electrons. The summed E-state index contributed by atoms with van der Waals surface area (Å²) in [5, 5.41) is 3.67. The first-order chi connectivity index (χ1) is 9.11. The van der Waals surface area contributed by atoms with Crippen molar-refractivity contribution >= 4 is 0 Å². The van der Waals surface area contributed by atoms with Crippen molar-refractivity contribution in [1.82, 2.24) is 10.2 Å². The van der Waals surface area contributed by atoms with Crippen LogP contribution in [0, 0.1) is 13.8 Å². The number of likely N-dealkylation sites (N-methyl/N-ethyl adjacent to an activating group) is 1. The average molecular weight is 260 g/mol. The van der Waals surface area contributed by atoms with Crippen molar-refractivity contribution in [3.8, 4) is 0 Å². The predicted molar refractivity (Wildman–Crippen MR) is 82.6 cm³/mol. The summed E-state index contributed by atoms with van der Waals surface area (Å²) in [6, 6.07) is 8.02. The van der Waals surface area contributed by atoms with Crippen molar-refractivity contribution < 1.29 is 0 Å². The van der Waals surface area contributed by atoms with Crippen molar-refractivity contribution in [2.45, 2.75) is 52.6 Å². The molecule has 1 aliphatic heterocycles. The number of aryl methyl sites for hydroxylation is 2. The lowest BCUT2D eigenvalue weighted by atomic mass is 9.98. The molecule has 1 fully saturated rings. The Balaban J connectivity index is 2.16. The van der Waals surface area contributed by atoms with Gasteiger partial charge in [0.2, 0.25) is 0 Å². The van der Waals surface area contributed by atoms with Gasteiger partial charge in [-0.25, -0.2) is 0 Å². The van der Waals surface area contributed by atoms with Crippen LogP contribution in [0.1, 0.15) is 49.4 Å². The van der Waals surface area contributed by atoms with Gasteiger partial charge in [0.05, 0.1) is 0 Å². The fourth-order valence-electron chi connectivity index (χ4n) is 3.15. The van der Waals surface area contributed by atoms with Crippen molar-refractivity contribution in [2.75, 3.05) is 19.6 Å². The van der Waals surface area contributed by atoms with Crippen LogP contribution in [0.25, 0.3) is 0 Å². The molecule has 2 atom stereocenters. The summed E-state index contributed by atoms with van der Waals surface area (Å²) >= 11 is 0. The molecule has 1 heterocycles. The summed E-state index contributed by atoms with van der Waals surface area (Å²) in [7, 11) is 0. The minimum Gasteiger partial charge on any atom is -0.309 e. The highest BCUT2D eigenvalue weighted by atomic mass is 15.2. The van der Waals surface area contributed by atoms with Crippen LogP contribution in [0.4, 0.5) is 0 Å². The highest BCUT2D eigenvalue weighted by Gasteiger charge is 2.24. The Morgan fingerprint density at radius 3 is 2.79 bits per heavy atom. The lowest BCUT2D eigenvalue weighted by Gasteiger charge is -2.29. The zero-order valence-electron chi connectivity index (χ0n) is 12.9. The van der Waals surface area contributed by atoms with Crippen LogP contribution in [0.2, 0.25) is 0 Å². The highest BCUT2D eigenvalue weighted by molar-refractivity contribution is 5.33. The lowest BCUT2D eigenvalue weighted by Crippen LogP contribution is -2.37. The van der Waals surface area contributed by atoms with Gasteiger partial charge in [0.25, 0.3) is 0 Å². The fourth-order valence-corrected chi connectivity index (χ4v) is 3.15. The number of likely N-dealkylation sites (tertiary alicyclic amines) is 1. The Hall–Kier alpha value is -0.860. The number of nitrogens with one attached hydrogen (secondary N) is 1. The molecule has 0 aliphatic carbocycles. The third-order valence-electron chi connectivity index (χ3n) is 4.37. The monoisotopic (exact) mass is 260 g/mol. The van der Waals surface area contributed by atoms with Gasteiger partial charge in [0.1, 0.15) is 0 Å². The second-order valence-corrected chi connectivity index (χ2v) is 5.96. The molecule has 2 unspecified atom stereocenters. The average Bonchev–Trinajstić information content (AvgIpc) is 2.78. The predicted octanol–water partition coefficient (Wildman–Crippen LogP) is 3.44. The van der Waals surface area contributed by atoms with Crippen LogP contribution in [0.5, 0.6) is 0 Å². The smallest absolute Gasteiger partial charge is 0.0452 e. The maximum absolute atomic E-state index is 3.67. The molecule has 2 nitrogen and oxygen atoms in total. The summed E-state index contributed by atoms with van der Waals surface area (Å²) in [4.78, 5) is 2.63. The number of benzene rings is 1. The molecule has 0 bridgehead atoms. The second-order valence-electron chi connectivity index (χ2n) is 5.96. The van der Waals surface area contributed by atoms with Gasteiger partial charge in [-0.2, -0.15) is 0 Å². The van der Waals surface area contributed by atoms with E-state index in [1.165, 1.54) is 36.1 Å². The molecule has 1 aromatic carbocycles. The van der Waals surface area contributed by atoms with Gasteiger partial charge >= 0.3 is 0 Å². The normalized spacial score (nSPS) is 21.8. The molecule has 1 aromatic rings. The molecule has 0 spiro atoms. The zero-order chi connectivity index (χ0) is 13.8. The van der Waals surface area contributed by atoms with E-state index in [1.807, 2.05) is 0 Å². The van der Waals surface area contributed by atoms with E-state index in [0.29, 0.717) is 6.04 Å². The fraction of sp³-hybridized carbons (Fsp3) is 0.647. The Morgan fingerprint density at radius 1 is 1.37 bits per heavy atom. The maximum atomic E-state index is 3.67. The molecule has 19 heavy (non-hydrogen) atoms. The van der Waals surface area contributed by atoms with Crippen LogP contribution < -0.4 is 5.32 Å². The van der Waals surface area contributed by atoms with Crippen LogP contribution in [0.3, 0.4) is 0 Å². The van der Waals surface area contributed by atoms with Gasteiger partial charge in [-0.1, -0.05) is 30.7 Å². The number of rotatable bonds is 5. The van der Waals surface area contributed by atoms with Crippen LogP contribution in [0.15, 0.2) is 18.2 Å². The Bertz CT molecular complexity index is 414. The van der Waals surface area contributed by atoms with Crippen LogP contribution >= 0.6 is 0 Å². The molecular weight excluding hydrogens is 232 g/mol. The Morgan fingerprint density at radius 2 is 2.16 bits per heavy atom. The number of hydrogen-bond acceptors (Lipinski definition) is 2. The Labute approximate surface area is 118 Å². The van der Waals surface area contributed by atoms with E-state index >= 15 is 0 Å². The molecule has 0 aromatic heterocycles. The minimum atomic E-state index is 0.463. The van der Waals surface area contributed by atoms with Gasteiger partial charge < -0.3 is 5.32 Å². The SMILES string of the molecule is CCNC(CN1CCCC1C)c1cc(C)ccc1C. The summed E-state index contributed by atoms with van der Waals surface area (Å²) in [6.07, 6.45) is 2.71. The lowest BCUT2D eigenvalue weighted by molar-refractivity contribution is 0.238. The molecule has 1 N–H and O–H groups in total. The second kappa shape index (κ2) is 6.53. The molecule has 2 rings (SSSR count). The first-order valence-corrected chi connectivity index (χ1v) is 7.66. The topological polar surface area (TPSA) is 15.3 Å². The molecule has 0 amide bonds. The molecule has 0 saturated carbocycles. The first-order valence-electron chi connectivity index (χ1n) is 7.66. The maximum Gasteiger partial charge on any atom is 0.0452 e. The third kappa shape index (κ3) is 3.58. The van der Waals surface area contributed by atoms with Gasteiger partial charge in [-0.3, -0.25) is 4.90 Å². The van der Waals surface area contributed by atoms with Gasteiger partial charge in [0.15, 0.2) is 0 Å². The zero-order valence-corrected chi connectivity index (χ0v) is 12.9. The summed E-state index contributed by atoms with van der Waals surface area (Å²) < 4.78 is 0. The van der Waals surface area contributed by atoms with E-state index in [0.717, 1.165) is 19.1 Å². The van der Waals surface area contributed by atoms with Gasteiger partial charge in [-0.05, 0) is 57.8 Å². The van der Waals surface area contributed by atoms with Gasteiger partial charge in [0, 0.05) is 18.6 Å². The van der Waals surface area contributed by atoms with E-state index in [1.54, 1.807) is 0 Å². The molecule has 2 heteroatoms. The van der Waals surface area contributed by atoms with E-state index in [2.05, 4.69) is 56.1 Å². The quantitative estimate of drug-likeness (QED) is 0.872. The van der Waals surface area contributed by atoms with E-state index < -0.39 is 0 Å². The van der Waals surface area contributed by atoms with Crippen molar-refractivity contribution in [2.24, 2.45) is 0 Å². The van der Waals surface area contributed by atoms with Crippen molar-refractivity contribution in [3.63, 3.8) is 0 Å². The molecule has 106 valence electrons. The summed E-state index contributed by atoms with van der Waals surface area (Å²) in [6.45, 7) is 12.4. The minimum absolute atomic E-state index is 0.463. The van der Waals surface area contributed by atoms with E-state index in [-0.39, 0.29) is 0 Å². The summed E-state index contributed by atoms with van der Waals surface area (Å²) in [5.41, 5.74) is 4.24. The van der Waals surface area contributed by atoms with E-state index in [9.17, 15) is 0 Å². The van der Waals surface area contributed by atoms with Gasteiger partial charge in [-0.15, -0.1) is 0 Å². The number of nitrogens with zero attached hydrogens (tertiary/aromatic N) is 1. The van der Waals surface area contributed by atoms with Crippen LogP contribution in [-0.4, -0.2) is 30.6 Å². The largest absolute Gasteiger partial charge is 0.309 e. The Kier molecular flexibility index (Phi) is 5.00. The standard InChI is InChI=1S/C17H28N2/c1-5-18-17(12-19-10-6-7-15(19)4)16-11-13(2)8-9-14(16)3/h8-9,11,15,17-18H,5-7,10,12H2,1-4H3. The summed E-state index contributed by atoms with van der Waals surface area (Å²) in [5.74, 6) is 0. The molecule has 1 aliphatic rings. The van der Waals surface area contributed by atoms with Crippen molar-refractivity contribution in [1.29, 1.82) is 0 Å². The highest BCUT2D eigenvalue weighted by Crippen LogP contribution is 2.24. The molecular formula is C17H28N2. The van der Waals surface area contributed by atoms with Crippen LogP contribution in [-0.2, 0) is 0 Å². The third-order valence-corrected chi connectivity index (χ3v) is 4.37. The number of hydrogen-bond donors (Lipinski definition) is 1. The van der Waals surface area contributed by atoms with Crippen molar-refractivity contribution in [3.05, 3.63) is 34.9 Å². The first kappa shape index (κ1) is 14.5. The molecule has 1 saturated heterocycles.